The molecular weight excluding hydrogens is 320 g/mol. The molecule has 0 spiro atoms. The number of nitrogen functional groups attached to an aromatic ring is 1. The van der Waals surface area contributed by atoms with Crippen molar-refractivity contribution in [1.29, 1.82) is 0 Å². The highest BCUT2D eigenvalue weighted by Crippen LogP contribution is 2.30. The second-order valence-corrected chi connectivity index (χ2v) is 7.65. The molecule has 1 aliphatic rings. The first-order valence-electron chi connectivity index (χ1n) is 8.64. The lowest BCUT2D eigenvalue weighted by atomic mass is 9.88. The van der Waals surface area contributed by atoms with E-state index in [1.165, 1.54) is 0 Å². The van der Waals surface area contributed by atoms with E-state index in [-0.39, 0.29) is 17.6 Å². The fourth-order valence-corrected chi connectivity index (χ4v) is 3.69. The summed E-state index contributed by atoms with van der Waals surface area (Å²) in [5.41, 5.74) is 6.86. The van der Waals surface area contributed by atoms with Gasteiger partial charge in [0.1, 0.15) is 5.82 Å². The summed E-state index contributed by atoms with van der Waals surface area (Å²) < 4.78 is 1.66. The van der Waals surface area contributed by atoms with Gasteiger partial charge in [-0.2, -0.15) is 0 Å². The van der Waals surface area contributed by atoms with Crippen molar-refractivity contribution in [2.75, 3.05) is 11.1 Å². The minimum Gasteiger partial charge on any atom is -0.465 e. The Kier molecular flexibility index (Phi) is 4.45. The molecule has 2 aromatic heterocycles. The number of carboxylic acid groups (broad SMARTS) is 1. The number of rotatable bonds is 3. The Morgan fingerprint density at radius 2 is 2.04 bits per heavy atom. The number of nitrogens with two attached hydrogens (primary N) is 1. The van der Waals surface area contributed by atoms with Crippen LogP contribution in [-0.4, -0.2) is 48.3 Å². The number of imidazole rings is 1. The normalized spacial score (nSPS) is 21.2. The number of fused-ring (bicyclic) bond motifs is 1. The molecule has 136 valence electrons. The van der Waals surface area contributed by atoms with Crippen molar-refractivity contribution in [2.45, 2.75) is 64.1 Å². The number of amides is 1. The maximum absolute atomic E-state index is 11.6. The van der Waals surface area contributed by atoms with E-state index in [1.54, 1.807) is 27.9 Å². The fourth-order valence-electron chi connectivity index (χ4n) is 3.69. The van der Waals surface area contributed by atoms with Crippen LogP contribution in [0.3, 0.4) is 0 Å². The minimum atomic E-state index is -0.844. The number of hydrogen-bond donors (Lipinski definition) is 3. The first-order chi connectivity index (χ1) is 11.8. The van der Waals surface area contributed by atoms with Gasteiger partial charge in [-0.05, 0) is 46.5 Å². The molecule has 2 heterocycles. The smallest absolute Gasteiger partial charge is 0.407 e. The summed E-state index contributed by atoms with van der Waals surface area (Å²) in [6.07, 6.45) is 6.06. The summed E-state index contributed by atoms with van der Waals surface area (Å²) >= 11 is 0. The quantitative estimate of drug-likeness (QED) is 0.788. The van der Waals surface area contributed by atoms with E-state index >= 15 is 0 Å². The summed E-state index contributed by atoms with van der Waals surface area (Å²) in [5, 5.41) is 17.4. The highest BCUT2D eigenvalue weighted by molar-refractivity contribution is 5.67. The van der Waals surface area contributed by atoms with Gasteiger partial charge >= 0.3 is 6.09 Å². The predicted octanol–water partition coefficient (Wildman–Crippen LogP) is 2.81. The van der Waals surface area contributed by atoms with Crippen molar-refractivity contribution in [3.8, 4) is 0 Å². The molecule has 1 fully saturated rings. The van der Waals surface area contributed by atoms with Crippen molar-refractivity contribution >= 4 is 23.2 Å². The van der Waals surface area contributed by atoms with E-state index in [2.05, 4.69) is 15.4 Å². The standard InChI is InChI=1S/C17H26N6O2/c1-17(2,3)23(16(24)25)12-6-4-11(5-7-12)20-14-10-13(18)15-19-8-9-22(15)21-14/h8-12H,4-7,18H2,1-3H3,(H,20,21)(H,24,25)/t11-,12-. The Balaban J connectivity index is 1.64. The lowest BCUT2D eigenvalue weighted by Gasteiger charge is -2.42. The lowest BCUT2D eigenvalue weighted by molar-refractivity contribution is 0.0556. The van der Waals surface area contributed by atoms with Gasteiger partial charge in [-0.1, -0.05) is 0 Å². The SMILES string of the molecule is CC(C)(C)N(C(=O)O)[C@H]1CC[C@H](Nc2cc(N)c3nccn3n2)CC1. The zero-order chi connectivity index (χ0) is 18.2. The Hall–Kier alpha value is -2.51. The van der Waals surface area contributed by atoms with Crippen molar-refractivity contribution in [1.82, 2.24) is 19.5 Å². The van der Waals surface area contributed by atoms with Crippen molar-refractivity contribution in [2.24, 2.45) is 0 Å². The monoisotopic (exact) mass is 346 g/mol. The maximum Gasteiger partial charge on any atom is 0.407 e. The van der Waals surface area contributed by atoms with Crippen LogP contribution in [0.2, 0.25) is 0 Å². The molecule has 0 bridgehead atoms. The van der Waals surface area contributed by atoms with Crippen LogP contribution in [0.25, 0.3) is 5.65 Å². The molecule has 0 radical (unpaired) electrons. The van der Waals surface area contributed by atoms with Gasteiger partial charge in [0.2, 0.25) is 0 Å². The van der Waals surface area contributed by atoms with Crippen LogP contribution in [0, 0.1) is 0 Å². The Bertz CT molecular complexity index is 758. The average Bonchev–Trinajstić information content (AvgIpc) is 2.96. The third kappa shape index (κ3) is 3.62. The van der Waals surface area contributed by atoms with Gasteiger partial charge < -0.3 is 21.1 Å². The average molecular weight is 346 g/mol. The number of nitrogens with one attached hydrogen (secondary N) is 1. The minimum absolute atomic E-state index is 0.0599. The van der Waals surface area contributed by atoms with Crippen LogP contribution in [0.1, 0.15) is 46.5 Å². The van der Waals surface area contributed by atoms with Gasteiger partial charge in [-0.3, -0.25) is 0 Å². The maximum atomic E-state index is 11.6. The van der Waals surface area contributed by atoms with Crippen molar-refractivity contribution < 1.29 is 9.90 Å². The molecule has 1 saturated carbocycles. The van der Waals surface area contributed by atoms with Crippen molar-refractivity contribution in [3.05, 3.63) is 18.5 Å². The molecular formula is C17H26N6O2. The molecule has 3 rings (SSSR count). The Morgan fingerprint density at radius 3 is 2.64 bits per heavy atom. The van der Waals surface area contributed by atoms with E-state index in [0.29, 0.717) is 11.3 Å². The third-order valence-corrected chi connectivity index (χ3v) is 4.73. The highest BCUT2D eigenvalue weighted by atomic mass is 16.4. The van der Waals surface area contributed by atoms with E-state index in [4.69, 9.17) is 5.73 Å². The summed E-state index contributed by atoms with van der Waals surface area (Å²) in [7, 11) is 0. The van der Waals surface area contributed by atoms with Crippen LogP contribution >= 0.6 is 0 Å². The molecule has 8 heteroatoms. The number of hydrogen-bond acceptors (Lipinski definition) is 5. The van der Waals surface area contributed by atoms with Crippen LogP contribution in [0.15, 0.2) is 18.5 Å². The summed E-state index contributed by atoms with van der Waals surface area (Å²) in [6, 6.07) is 2.12. The Labute approximate surface area is 147 Å². The number of nitrogens with zero attached hydrogens (tertiary/aromatic N) is 4. The molecule has 2 aromatic rings. The third-order valence-electron chi connectivity index (χ3n) is 4.73. The van der Waals surface area contributed by atoms with E-state index in [1.807, 2.05) is 20.8 Å². The van der Waals surface area contributed by atoms with Gasteiger partial charge in [-0.25, -0.2) is 14.3 Å². The molecule has 0 aliphatic heterocycles. The predicted molar refractivity (Wildman–Crippen MR) is 96.7 cm³/mol. The number of anilines is 2. The second-order valence-electron chi connectivity index (χ2n) is 7.65. The Morgan fingerprint density at radius 1 is 1.36 bits per heavy atom. The topological polar surface area (TPSA) is 109 Å². The van der Waals surface area contributed by atoms with E-state index in [0.717, 1.165) is 31.5 Å². The van der Waals surface area contributed by atoms with E-state index < -0.39 is 6.09 Å². The highest BCUT2D eigenvalue weighted by Gasteiger charge is 2.35. The van der Waals surface area contributed by atoms with Crippen molar-refractivity contribution in [3.63, 3.8) is 0 Å². The van der Waals surface area contributed by atoms with Gasteiger partial charge in [0.15, 0.2) is 5.65 Å². The summed E-state index contributed by atoms with van der Waals surface area (Å²) in [5.74, 6) is 0.720. The lowest BCUT2D eigenvalue weighted by Crippen LogP contribution is -2.52. The zero-order valence-corrected chi connectivity index (χ0v) is 14.9. The summed E-state index contributed by atoms with van der Waals surface area (Å²) in [6.45, 7) is 5.83. The van der Waals surface area contributed by atoms with Gasteiger partial charge in [0.05, 0.1) is 5.69 Å². The van der Waals surface area contributed by atoms with Crippen LogP contribution in [0.5, 0.6) is 0 Å². The molecule has 0 aromatic carbocycles. The summed E-state index contributed by atoms with van der Waals surface area (Å²) in [4.78, 5) is 17.4. The van der Waals surface area contributed by atoms with Crippen LogP contribution in [-0.2, 0) is 0 Å². The molecule has 8 nitrogen and oxygen atoms in total. The molecule has 4 N–H and O–H groups in total. The first kappa shape index (κ1) is 17.3. The largest absolute Gasteiger partial charge is 0.465 e. The van der Waals surface area contributed by atoms with Crippen LogP contribution in [0.4, 0.5) is 16.3 Å². The molecule has 1 aliphatic carbocycles. The molecule has 0 atom stereocenters. The number of carbonyl (C=O) groups is 1. The zero-order valence-electron chi connectivity index (χ0n) is 14.9. The van der Waals surface area contributed by atoms with Gasteiger partial charge in [0.25, 0.3) is 0 Å². The van der Waals surface area contributed by atoms with E-state index in [9.17, 15) is 9.90 Å². The van der Waals surface area contributed by atoms with Gasteiger partial charge in [0, 0.05) is 36.1 Å². The number of aromatic nitrogens is 3. The van der Waals surface area contributed by atoms with Gasteiger partial charge in [-0.15, -0.1) is 5.10 Å². The fraction of sp³-hybridized carbons (Fsp3) is 0.588. The second kappa shape index (κ2) is 6.42. The van der Waals surface area contributed by atoms with Crippen LogP contribution < -0.4 is 11.1 Å². The molecule has 1 amide bonds. The molecule has 0 saturated heterocycles. The molecule has 25 heavy (non-hydrogen) atoms. The first-order valence-corrected chi connectivity index (χ1v) is 8.64. The molecule has 0 unspecified atom stereocenters.